The molecule has 0 spiro atoms. The Morgan fingerprint density at radius 3 is 2.56 bits per heavy atom. The van der Waals surface area contributed by atoms with Crippen LogP contribution in [0.2, 0.25) is 0 Å². The SMILES string of the molecule is CN[C@H]1CCc2cc(O)c(O)c(OC)c2-c2ccc(OC)c(=O)cc21. The zero-order valence-corrected chi connectivity index (χ0v) is 14.4. The van der Waals surface area contributed by atoms with E-state index in [0.717, 1.165) is 23.1 Å². The van der Waals surface area contributed by atoms with E-state index < -0.39 is 0 Å². The van der Waals surface area contributed by atoms with Crippen molar-refractivity contribution in [2.75, 3.05) is 21.3 Å². The number of aryl methyl sites for hydroxylation is 1. The van der Waals surface area contributed by atoms with Gasteiger partial charge in [-0.2, -0.15) is 0 Å². The largest absolute Gasteiger partial charge is 0.504 e. The van der Waals surface area contributed by atoms with E-state index in [2.05, 4.69) is 5.32 Å². The number of phenolic OH excluding ortho intramolecular Hbond substituents is 2. The third-order valence-corrected chi connectivity index (χ3v) is 4.68. The molecule has 132 valence electrons. The summed E-state index contributed by atoms with van der Waals surface area (Å²) in [5, 5.41) is 23.5. The second-order valence-electron chi connectivity index (χ2n) is 5.97. The summed E-state index contributed by atoms with van der Waals surface area (Å²) >= 11 is 0. The fourth-order valence-electron chi connectivity index (χ4n) is 3.44. The lowest BCUT2D eigenvalue weighted by molar-refractivity contribution is 0.351. The number of rotatable bonds is 3. The molecule has 6 heteroatoms. The molecule has 0 saturated heterocycles. The quantitative estimate of drug-likeness (QED) is 0.742. The summed E-state index contributed by atoms with van der Waals surface area (Å²) in [5.41, 5.74) is 2.89. The summed E-state index contributed by atoms with van der Waals surface area (Å²) < 4.78 is 10.5. The smallest absolute Gasteiger partial charge is 0.220 e. The molecule has 2 aromatic carbocycles. The molecular formula is C19H21NO5. The Hall–Kier alpha value is -2.73. The van der Waals surface area contributed by atoms with Gasteiger partial charge >= 0.3 is 0 Å². The number of nitrogens with one attached hydrogen (secondary N) is 1. The van der Waals surface area contributed by atoms with Gasteiger partial charge in [0.05, 0.1) is 14.2 Å². The van der Waals surface area contributed by atoms with Crippen molar-refractivity contribution in [1.82, 2.24) is 5.32 Å². The van der Waals surface area contributed by atoms with Gasteiger partial charge in [0.25, 0.3) is 0 Å². The molecule has 3 N–H and O–H groups in total. The molecule has 0 heterocycles. The first-order valence-electron chi connectivity index (χ1n) is 8.03. The number of benzene rings is 1. The van der Waals surface area contributed by atoms with Crippen LogP contribution in [0, 0.1) is 0 Å². The third-order valence-electron chi connectivity index (χ3n) is 4.68. The Labute approximate surface area is 145 Å². The van der Waals surface area contributed by atoms with Crippen molar-refractivity contribution in [2.24, 2.45) is 0 Å². The third kappa shape index (κ3) is 2.78. The van der Waals surface area contributed by atoms with Gasteiger partial charge in [-0.25, -0.2) is 0 Å². The molecule has 6 nitrogen and oxygen atoms in total. The van der Waals surface area contributed by atoms with Gasteiger partial charge < -0.3 is 25.0 Å². The monoisotopic (exact) mass is 343 g/mol. The molecule has 0 bridgehead atoms. The molecular weight excluding hydrogens is 322 g/mol. The molecule has 0 unspecified atom stereocenters. The Balaban J connectivity index is 2.43. The highest BCUT2D eigenvalue weighted by Gasteiger charge is 2.27. The van der Waals surface area contributed by atoms with Crippen LogP contribution < -0.4 is 20.2 Å². The van der Waals surface area contributed by atoms with Crippen LogP contribution in [-0.4, -0.2) is 31.5 Å². The highest BCUT2D eigenvalue weighted by molar-refractivity contribution is 5.82. The van der Waals surface area contributed by atoms with E-state index in [0.29, 0.717) is 12.0 Å². The number of fused-ring (bicyclic) bond motifs is 3. The standard InChI is InChI=1S/C19H21NO5/c1-20-13-6-4-10-8-15(22)18(23)19(25-3)17(10)11-5-7-16(24-2)14(21)9-12(11)13/h5,7-9,13,20,22-23H,4,6H2,1-3H3/t13-/m0/s1. The number of ether oxygens (including phenoxy) is 2. The van der Waals surface area contributed by atoms with Gasteiger partial charge in [0.1, 0.15) is 0 Å². The van der Waals surface area contributed by atoms with Crippen LogP contribution in [-0.2, 0) is 6.42 Å². The lowest BCUT2D eigenvalue weighted by Gasteiger charge is -2.16. The van der Waals surface area contributed by atoms with Gasteiger partial charge in [-0.1, -0.05) is 6.07 Å². The maximum absolute atomic E-state index is 12.4. The molecule has 2 aromatic rings. The van der Waals surface area contributed by atoms with E-state index in [-0.39, 0.29) is 34.5 Å². The van der Waals surface area contributed by atoms with E-state index in [9.17, 15) is 15.0 Å². The zero-order chi connectivity index (χ0) is 18.1. The Kier molecular flexibility index (Phi) is 4.55. The summed E-state index contributed by atoms with van der Waals surface area (Å²) in [6.45, 7) is 0. The maximum Gasteiger partial charge on any atom is 0.220 e. The second kappa shape index (κ2) is 6.64. The summed E-state index contributed by atoms with van der Waals surface area (Å²) in [7, 11) is 4.73. The van der Waals surface area contributed by atoms with E-state index in [1.807, 2.05) is 7.05 Å². The number of hydrogen-bond acceptors (Lipinski definition) is 6. The molecule has 1 atom stereocenters. The van der Waals surface area contributed by atoms with E-state index in [1.54, 1.807) is 24.3 Å². The lowest BCUT2D eigenvalue weighted by Crippen LogP contribution is -2.17. The second-order valence-corrected chi connectivity index (χ2v) is 5.97. The van der Waals surface area contributed by atoms with Crippen molar-refractivity contribution in [1.29, 1.82) is 0 Å². The minimum Gasteiger partial charge on any atom is -0.504 e. The number of aromatic hydroxyl groups is 2. The van der Waals surface area contributed by atoms with Crippen LogP contribution in [0.3, 0.4) is 0 Å². The van der Waals surface area contributed by atoms with Gasteiger partial charge in [-0.15, -0.1) is 0 Å². The number of phenols is 2. The summed E-state index contributed by atoms with van der Waals surface area (Å²) in [4.78, 5) is 12.4. The minimum absolute atomic E-state index is 0.0544. The molecule has 0 amide bonds. The summed E-state index contributed by atoms with van der Waals surface area (Å²) in [6, 6.07) is 6.47. The van der Waals surface area contributed by atoms with Crippen molar-refractivity contribution in [2.45, 2.75) is 18.9 Å². The fraction of sp³-hybridized carbons (Fsp3) is 0.316. The Bertz CT molecular complexity index is 879. The summed E-state index contributed by atoms with van der Waals surface area (Å²) in [6.07, 6.45) is 1.39. The first-order chi connectivity index (χ1) is 12.0. The molecule has 0 radical (unpaired) electrons. The van der Waals surface area contributed by atoms with Crippen LogP contribution in [0.1, 0.15) is 23.6 Å². The molecule has 0 saturated carbocycles. The fourth-order valence-corrected chi connectivity index (χ4v) is 3.44. The first-order valence-corrected chi connectivity index (χ1v) is 8.03. The van der Waals surface area contributed by atoms with Crippen molar-refractivity contribution in [3.05, 3.63) is 45.6 Å². The Morgan fingerprint density at radius 1 is 1.16 bits per heavy atom. The molecule has 1 aliphatic rings. The Morgan fingerprint density at radius 2 is 1.92 bits per heavy atom. The van der Waals surface area contributed by atoms with E-state index in [4.69, 9.17) is 9.47 Å². The van der Waals surface area contributed by atoms with Crippen LogP contribution in [0.25, 0.3) is 11.1 Å². The van der Waals surface area contributed by atoms with Crippen LogP contribution in [0.5, 0.6) is 23.0 Å². The van der Waals surface area contributed by atoms with Crippen molar-refractivity contribution in [3.8, 4) is 34.1 Å². The molecule has 0 fully saturated rings. The minimum atomic E-state index is -0.309. The molecule has 3 rings (SSSR count). The summed E-state index contributed by atoms with van der Waals surface area (Å²) in [5.74, 6) is -0.0875. The molecule has 0 aromatic heterocycles. The topological polar surface area (TPSA) is 88.0 Å². The number of hydrogen-bond donors (Lipinski definition) is 3. The molecule has 0 aliphatic heterocycles. The predicted molar refractivity (Wildman–Crippen MR) is 94.7 cm³/mol. The molecule has 25 heavy (non-hydrogen) atoms. The van der Waals surface area contributed by atoms with Crippen LogP contribution >= 0.6 is 0 Å². The highest BCUT2D eigenvalue weighted by Crippen LogP contribution is 2.49. The molecule has 1 aliphatic carbocycles. The van der Waals surface area contributed by atoms with E-state index >= 15 is 0 Å². The van der Waals surface area contributed by atoms with Crippen LogP contribution in [0.15, 0.2) is 29.1 Å². The van der Waals surface area contributed by atoms with Gasteiger partial charge in [0.15, 0.2) is 17.2 Å². The van der Waals surface area contributed by atoms with Crippen molar-refractivity contribution in [3.63, 3.8) is 0 Å². The van der Waals surface area contributed by atoms with Crippen LogP contribution in [0.4, 0.5) is 0 Å². The van der Waals surface area contributed by atoms with Crippen molar-refractivity contribution >= 4 is 0 Å². The van der Waals surface area contributed by atoms with E-state index in [1.165, 1.54) is 14.2 Å². The van der Waals surface area contributed by atoms with Gasteiger partial charge in [-0.05, 0) is 54.8 Å². The first kappa shape index (κ1) is 17.1. The zero-order valence-electron chi connectivity index (χ0n) is 14.4. The van der Waals surface area contributed by atoms with Gasteiger partial charge in [-0.3, -0.25) is 4.79 Å². The average molecular weight is 343 g/mol. The maximum atomic E-state index is 12.4. The normalized spacial score (nSPS) is 15.7. The average Bonchev–Trinajstić information content (AvgIpc) is 2.84. The van der Waals surface area contributed by atoms with Gasteiger partial charge in [0.2, 0.25) is 11.2 Å². The number of methoxy groups -OCH3 is 2. The van der Waals surface area contributed by atoms with Gasteiger partial charge in [0, 0.05) is 11.6 Å². The lowest BCUT2D eigenvalue weighted by atomic mass is 9.95. The van der Waals surface area contributed by atoms with Crippen molar-refractivity contribution < 1.29 is 19.7 Å². The predicted octanol–water partition coefficient (Wildman–Crippen LogP) is 2.35. The highest BCUT2D eigenvalue weighted by atomic mass is 16.5.